The van der Waals surface area contributed by atoms with Crippen LogP contribution in [0.4, 0.5) is 5.69 Å². The highest BCUT2D eigenvalue weighted by Gasteiger charge is 2.20. The third-order valence-corrected chi connectivity index (χ3v) is 5.16. The van der Waals surface area contributed by atoms with E-state index in [1.807, 2.05) is 60.7 Å². The van der Waals surface area contributed by atoms with Crippen molar-refractivity contribution in [3.05, 3.63) is 100.0 Å². The standard InChI is InChI=1S/C25H26N2O4/c1-18(25(30)31)27-21(17-20-11-6-3-7-12-20)15-16-22(24(27)29)26-23(28)14-8-13-19-9-4-2-5-10-19/h2-7,9-12,15-16,18H,8,13-14,17H2,1H3,(H,26,28)(H,30,31). The monoisotopic (exact) mass is 418 g/mol. The van der Waals surface area contributed by atoms with Crippen LogP contribution in [0.5, 0.6) is 0 Å². The second kappa shape index (κ2) is 10.4. The van der Waals surface area contributed by atoms with Crippen LogP contribution in [0.2, 0.25) is 0 Å². The summed E-state index contributed by atoms with van der Waals surface area (Å²) < 4.78 is 1.24. The number of aryl methyl sites for hydroxylation is 1. The van der Waals surface area contributed by atoms with Crippen molar-refractivity contribution in [2.75, 3.05) is 5.32 Å². The number of aliphatic carboxylic acids is 1. The predicted octanol–water partition coefficient (Wildman–Crippen LogP) is 4.05. The molecule has 0 saturated carbocycles. The molecular weight excluding hydrogens is 392 g/mol. The predicted molar refractivity (Wildman–Crippen MR) is 120 cm³/mol. The van der Waals surface area contributed by atoms with E-state index in [-0.39, 0.29) is 18.0 Å². The highest BCUT2D eigenvalue weighted by molar-refractivity contribution is 5.90. The first-order valence-electron chi connectivity index (χ1n) is 10.3. The Kier molecular flexibility index (Phi) is 7.38. The Labute approximate surface area is 181 Å². The topological polar surface area (TPSA) is 88.4 Å². The summed E-state index contributed by atoms with van der Waals surface area (Å²) in [6.07, 6.45) is 2.11. The molecule has 1 aromatic heterocycles. The second-order valence-corrected chi connectivity index (χ2v) is 7.48. The Morgan fingerprint density at radius 2 is 1.55 bits per heavy atom. The van der Waals surface area contributed by atoms with Gasteiger partial charge in [0.1, 0.15) is 11.7 Å². The molecule has 6 nitrogen and oxygen atoms in total. The van der Waals surface area contributed by atoms with Gasteiger partial charge in [0.15, 0.2) is 0 Å². The van der Waals surface area contributed by atoms with Gasteiger partial charge in [0.05, 0.1) is 0 Å². The number of hydrogen-bond acceptors (Lipinski definition) is 3. The van der Waals surface area contributed by atoms with Gasteiger partial charge in [-0.15, -0.1) is 0 Å². The zero-order chi connectivity index (χ0) is 22.2. The Balaban J connectivity index is 1.76. The lowest BCUT2D eigenvalue weighted by Crippen LogP contribution is -2.33. The van der Waals surface area contributed by atoms with E-state index in [1.54, 1.807) is 12.1 Å². The van der Waals surface area contributed by atoms with Crippen molar-refractivity contribution in [2.45, 2.75) is 38.6 Å². The molecule has 3 rings (SSSR count). The first-order valence-corrected chi connectivity index (χ1v) is 10.3. The summed E-state index contributed by atoms with van der Waals surface area (Å²) in [6.45, 7) is 1.46. The van der Waals surface area contributed by atoms with E-state index in [2.05, 4.69) is 5.32 Å². The number of pyridine rings is 1. The van der Waals surface area contributed by atoms with Crippen molar-refractivity contribution in [1.29, 1.82) is 0 Å². The molecule has 0 bridgehead atoms. The van der Waals surface area contributed by atoms with Crippen molar-refractivity contribution in [2.24, 2.45) is 0 Å². The van der Waals surface area contributed by atoms with Crippen LogP contribution in [0.1, 0.15) is 42.6 Å². The molecule has 0 saturated heterocycles. The molecule has 0 radical (unpaired) electrons. The normalized spacial score (nSPS) is 11.6. The largest absolute Gasteiger partial charge is 0.480 e. The van der Waals surface area contributed by atoms with Crippen LogP contribution in [-0.4, -0.2) is 21.6 Å². The quantitative estimate of drug-likeness (QED) is 0.549. The van der Waals surface area contributed by atoms with Crippen molar-refractivity contribution in [3.8, 4) is 0 Å². The van der Waals surface area contributed by atoms with Gasteiger partial charge in [-0.25, -0.2) is 4.79 Å². The fraction of sp³-hybridized carbons (Fsp3) is 0.240. The van der Waals surface area contributed by atoms with E-state index in [4.69, 9.17) is 0 Å². The molecule has 31 heavy (non-hydrogen) atoms. The highest BCUT2D eigenvalue weighted by Crippen LogP contribution is 2.16. The molecule has 0 aliphatic carbocycles. The first-order chi connectivity index (χ1) is 15.0. The van der Waals surface area contributed by atoms with Gasteiger partial charge in [0.2, 0.25) is 5.91 Å². The van der Waals surface area contributed by atoms with Crippen LogP contribution < -0.4 is 10.9 Å². The molecule has 6 heteroatoms. The minimum atomic E-state index is -1.11. The van der Waals surface area contributed by atoms with E-state index < -0.39 is 17.6 Å². The van der Waals surface area contributed by atoms with Gasteiger partial charge in [0.25, 0.3) is 5.56 Å². The third-order valence-electron chi connectivity index (χ3n) is 5.16. The fourth-order valence-electron chi connectivity index (χ4n) is 3.48. The number of carbonyl (C=O) groups is 2. The summed E-state index contributed by atoms with van der Waals surface area (Å²) in [7, 11) is 0. The number of anilines is 1. The van der Waals surface area contributed by atoms with Gasteiger partial charge in [-0.2, -0.15) is 0 Å². The van der Waals surface area contributed by atoms with Gasteiger partial charge in [-0.1, -0.05) is 60.7 Å². The summed E-state index contributed by atoms with van der Waals surface area (Å²) in [5, 5.41) is 12.2. The van der Waals surface area contributed by atoms with Crippen LogP contribution in [0.3, 0.4) is 0 Å². The van der Waals surface area contributed by atoms with Gasteiger partial charge in [0, 0.05) is 18.5 Å². The number of nitrogens with zero attached hydrogens (tertiary/aromatic N) is 1. The van der Waals surface area contributed by atoms with E-state index >= 15 is 0 Å². The maximum absolute atomic E-state index is 13.0. The number of rotatable bonds is 9. The maximum Gasteiger partial charge on any atom is 0.326 e. The molecule has 0 spiro atoms. The molecule has 3 aromatic rings. The molecule has 2 N–H and O–H groups in total. The Morgan fingerprint density at radius 1 is 0.935 bits per heavy atom. The van der Waals surface area contributed by atoms with Crippen molar-refractivity contribution in [1.82, 2.24) is 4.57 Å². The van der Waals surface area contributed by atoms with Crippen molar-refractivity contribution >= 4 is 17.6 Å². The summed E-state index contributed by atoms with van der Waals surface area (Å²) in [5.41, 5.74) is 2.27. The number of benzene rings is 2. The molecule has 0 aliphatic heterocycles. The number of carbonyl (C=O) groups excluding carboxylic acids is 1. The van der Waals surface area contributed by atoms with Crippen molar-refractivity contribution in [3.63, 3.8) is 0 Å². The Bertz CT molecular complexity index is 1090. The zero-order valence-corrected chi connectivity index (χ0v) is 17.5. The molecule has 1 atom stereocenters. The molecule has 160 valence electrons. The zero-order valence-electron chi connectivity index (χ0n) is 17.5. The van der Waals surface area contributed by atoms with Crippen molar-refractivity contribution < 1.29 is 14.7 Å². The van der Waals surface area contributed by atoms with Gasteiger partial charge in [-0.3, -0.25) is 14.2 Å². The number of nitrogens with one attached hydrogen (secondary N) is 1. The summed E-state index contributed by atoms with van der Waals surface area (Å²) in [4.78, 5) is 37.0. The van der Waals surface area contributed by atoms with Crippen LogP contribution in [-0.2, 0) is 22.4 Å². The van der Waals surface area contributed by atoms with Crippen LogP contribution in [0.25, 0.3) is 0 Å². The lowest BCUT2D eigenvalue weighted by atomic mass is 10.1. The van der Waals surface area contributed by atoms with Crippen LogP contribution >= 0.6 is 0 Å². The van der Waals surface area contributed by atoms with E-state index in [1.165, 1.54) is 11.5 Å². The van der Waals surface area contributed by atoms with Gasteiger partial charge < -0.3 is 10.4 Å². The van der Waals surface area contributed by atoms with Crippen LogP contribution in [0, 0.1) is 0 Å². The smallest absolute Gasteiger partial charge is 0.326 e. The summed E-state index contributed by atoms with van der Waals surface area (Å²) in [6, 6.07) is 21.6. The Morgan fingerprint density at radius 3 is 2.16 bits per heavy atom. The van der Waals surface area contributed by atoms with Gasteiger partial charge >= 0.3 is 5.97 Å². The number of carboxylic acids is 1. The SMILES string of the molecule is CC(C(=O)O)n1c(Cc2ccccc2)ccc(NC(=O)CCCc2ccccc2)c1=O. The number of hydrogen-bond donors (Lipinski definition) is 2. The molecule has 0 fully saturated rings. The first kappa shape index (κ1) is 22.0. The number of amides is 1. The molecule has 1 unspecified atom stereocenters. The third kappa shape index (κ3) is 5.92. The lowest BCUT2D eigenvalue weighted by molar-refractivity contribution is -0.140. The molecular formula is C25H26N2O4. The Hall–Kier alpha value is -3.67. The maximum atomic E-state index is 13.0. The molecule has 1 amide bonds. The summed E-state index contributed by atoms with van der Waals surface area (Å²) in [5.74, 6) is -1.37. The fourth-order valence-corrected chi connectivity index (χ4v) is 3.48. The van der Waals surface area contributed by atoms with E-state index in [0.717, 1.165) is 17.5 Å². The molecule has 1 heterocycles. The summed E-state index contributed by atoms with van der Waals surface area (Å²) >= 11 is 0. The minimum absolute atomic E-state index is 0.0922. The molecule has 2 aromatic carbocycles. The number of aromatic nitrogens is 1. The number of carboxylic acid groups (broad SMARTS) is 1. The van der Waals surface area contributed by atoms with E-state index in [9.17, 15) is 19.5 Å². The van der Waals surface area contributed by atoms with Gasteiger partial charge in [-0.05, 0) is 43.0 Å². The lowest BCUT2D eigenvalue weighted by Gasteiger charge is -2.18. The van der Waals surface area contributed by atoms with E-state index in [0.29, 0.717) is 18.5 Å². The second-order valence-electron chi connectivity index (χ2n) is 7.48. The average molecular weight is 418 g/mol. The average Bonchev–Trinajstić information content (AvgIpc) is 2.77. The highest BCUT2D eigenvalue weighted by atomic mass is 16.4. The van der Waals surface area contributed by atoms with Crippen LogP contribution in [0.15, 0.2) is 77.6 Å². The minimum Gasteiger partial charge on any atom is -0.480 e. The molecule has 0 aliphatic rings.